The minimum atomic E-state index is 0.969. The quantitative estimate of drug-likeness (QED) is 0.636. The fourth-order valence-corrected chi connectivity index (χ4v) is 4.36. The molecular weight excluding hydrogens is 240 g/mol. The average Bonchev–Trinajstić information content (AvgIpc) is 2.51. The monoisotopic (exact) mass is 270 g/mol. The van der Waals surface area contributed by atoms with Crippen LogP contribution in [0.5, 0.6) is 0 Å². The highest BCUT2D eigenvalue weighted by atomic mass is 14.2. The van der Waals surface area contributed by atoms with E-state index in [1.807, 2.05) is 0 Å². The summed E-state index contributed by atoms with van der Waals surface area (Å²) >= 11 is 0. The van der Waals surface area contributed by atoms with Crippen molar-refractivity contribution in [3.8, 4) is 0 Å². The fraction of sp³-hybridized carbons (Fsp3) is 0.700. The van der Waals surface area contributed by atoms with Gasteiger partial charge in [-0.25, -0.2) is 0 Å². The van der Waals surface area contributed by atoms with E-state index in [0.29, 0.717) is 0 Å². The summed E-state index contributed by atoms with van der Waals surface area (Å²) in [7, 11) is 0. The van der Waals surface area contributed by atoms with Crippen molar-refractivity contribution in [2.75, 3.05) is 0 Å². The van der Waals surface area contributed by atoms with E-state index in [0.717, 1.165) is 11.8 Å². The molecule has 0 heteroatoms. The Morgan fingerprint density at radius 3 is 1.40 bits per heavy atom. The van der Waals surface area contributed by atoms with Gasteiger partial charge in [0.25, 0.3) is 0 Å². The molecule has 0 amide bonds. The smallest absolute Gasteiger partial charge is 0.0248 e. The Hall–Kier alpha value is -0.780. The molecule has 20 heavy (non-hydrogen) atoms. The third-order valence-electron chi connectivity index (χ3n) is 5.59. The summed E-state index contributed by atoms with van der Waals surface area (Å²) in [6.45, 7) is 0. The average molecular weight is 270 g/mol. The van der Waals surface area contributed by atoms with Crippen LogP contribution in [0, 0.1) is 11.8 Å². The van der Waals surface area contributed by atoms with Crippen molar-refractivity contribution in [1.82, 2.24) is 0 Å². The molecule has 2 saturated carbocycles. The molecule has 0 heterocycles. The van der Waals surface area contributed by atoms with Crippen LogP contribution in [0.3, 0.4) is 0 Å². The summed E-state index contributed by atoms with van der Waals surface area (Å²) in [6.07, 6.45) is 17.4. The van der Waals surface area contributed by atoms with Gasteiger partial charge in [0.2, 0.25) is 0 Å². The molecule has 0 radical (unpaired) electrons. The SMILES string of the molecule is c1ccc(CC2CCCCC2)c(CC2CCCCC2)c1. The first-order chi connectivity index (χ1) is 9.92. The van der Waals surface area contributed by atoms with Crippen LogP contribution < -0.4 is 0 Å². The molecule has 0 nitrogen and oxygen atoms in total. The van der Waals surface area contributed by atoms with Gasteiger partial charge in [-0.15, -0.1) is 0 Å². The van der Waals surface area contributed by atoms with Gasteiger partial charge in [0.1, 0.15) is 0 Å². The molecule has 0 unspecified atom stereocenters. The Labute approximate surface area is 125 Å². The van der Waals surface area contributed by atoms with E-state index in [-0.39, 0.29) is 0 Å². The molecule has 0 atom stereocenters. The number of benzene rings is 1. The van der Waals surface area contributed by atoms with Crippen molar-refractivity contribution in [3.63, 3.8) is 0 Å². The van der Waals surface area contributed by atoms with Crippen molar-refractivity contribution in [1.29, 1.82) is 0 Å². The zero-order valence-electron chi connectivity index (χ0n) is 12.9. The van der Waals surface area contributed by atoms with E-state index in [4.69, 9.17) is 0 Å². The van der Waals surface area contributed by atoms with Gasteiger partial charge in [-0.05, 0) is 35.8 Å². The van der Waals surface area contributed by atoms with Crippen molar-refractivity contribution < 1.29 is 0 Å². The van der Waals surface area contributed by atoms with Crippen molar-refractivity contribution in [2.45, 2.75) is 77.0 Å². The molecule has 2 aliphatic rings. The van der Waals surface area contributed by atoms with Gasteiger partial charge in [0.15, 0.2) is 0 Å². The van der Waals surface area contributed by atoms with Gasteiger partial charge in [-0.2, -0.15) is 0 Å². The second kappa shape index (κ2) is 7.29. The van der Waals surface area contributed by atoms with Gasteiger partial charge in [-0.1, -0.05) is 88.5 Å². The lowest BCUT2D eigenvalue weighted by atomic mass is 9.80. The minimum absolute atomic E-state index is 0.969. The lowest BCUT2D eigenvalue weighted by Crippen LogP contribution is -2.13. The highest BCUT2D eigenvalue weighted by molar-refractivity contribution is 5.28. The van der Waals surface area contributed by atoms with Crippen molar-refractivity contribution in [2.24, 2.45) is 11.8 Å². The molecule has 1 aromatic rings. The molecule has 0 spiro atoms. The lowest BCUT2D eigenvalue weighted by Gasteiger charge is -2.25. The van der Waals surface area contributed by atoms with E-state index < -0.39 is 0 Å². The zero-order chi connectivity index (χ0) is 13.6. The molecule has 0 aromatic heterocycles. The fourth-order valence-electron chi connectivity index (χ4n) is 4.36. The maximum absolute atomic E-state index is 2.41. The molecule has 3 rings (SSSR count). The predicted octanol–water partition coefficient (Wildman–Crippen LogP) is 5.93. The maximum Gasteiger partial charge on any atom is -0.0248 e. The first kappa shape index (κ1) is 14.2. The standard InChI is InChI=1S/C20H30/c1-3-9-17(10-4-1)15-19-13-7-8-14-20(19)16-18-11-5-2-6-12-18/h7-8,13-14,17-18H,1-6,9-12,15-16H2. The highest BCUT2D eigenvalue weighted by Gasteiger charge is 2.18. The second-order valence-electron chi connectivity index (χ2n) is 7.19. The Kier molecular flexibility index (Phi) is 5.17. The molecule has 0 saturated heterocycles. The predicted molar refractivity (Wildman–Crippen MR) is 87.0 cm³/mol. The van der Waals surface area contributed by atoms with E-state index in [1.165, 1.54) is 77.0 Å². The Bertz CT molecular complexity index is 355. The van der Waals surface area contributed by atoms with Gasteiger partial charge < -0.3 is 0 Å². The maximum atomic E-state index is 2.41. The van der Waals surface area contributed by atoms with Crippen LogP contribution in [0.2, 0.25) is 0 Å². The van der Waals surface area contributed by atoms with E-state index in [2.05, 4.69) is 24.3 Å². The van der Waals surface area contributed by atoms with Crippen LogP contribution in [-0.2, 0) is 12.8 Å². The van der Waals surface area contributed by atoms with Crippen LogP contribution in [0.1, 0.15) is 75.3 Å². The molecule has 110 valence electrons. The third kappa shape index (κ3) is 3.87. The normalized spacial score (nSPS) is 22.0. The van der Waals surface area contributed by atoms with Gasteiger partial charge in [-0.3, -0.25) is 0 Å². The van der Waals surface area contributed by atoms with Gasteiger partial charge in [0, 0.05) is 0 Å². The first-order valence-corrected chi connectivity index (χ1v) is 8.98. The Morgan fingerprint density at radius 1 is 0.600 bits per heavy atom. The second-order valence-corrected chi connectivity index (χ2v) is 7.19. The van der Waals surface area contributed by atoms with E-state index in [9.17, 15) is 0 Å². The van der Waals surface area contributed by atoms with Gasteiger partial charge >= 0.3 is 0 Å². The van der Waals surface area contributed by atoms with E-state index >= 15 is 0 Å². The molecule has 0 N–H and O–H groups in total. The van der Waals surface area contributed by atoms with Crippen LogP contribution >= 0.6 is 0 Å². The lowest BCUT2D eigenvalue weighted by molar-refractivity contribution is 0.347. The summed E-state index contributed by atoms with van der Waals surface area (Å²) in [5, 5.41) is 0. The van der Waals surface area contributed by atoms with Crippen LogP contribution in [-0.4, -0.2) is 0 Å². The van der Waals surface area contributed by atoms with Gasteiger partial charge in [0.05, 0.1) is 0 Å². The Morgan fingerprint density at radius 2 is 1.00 bits per heavy atom. The number of rotatable bonds is 4. The summed E-state index contributed by atoms with van der Waals surface area (Å²) in [4.78, 5) is 0. The minimum Gasteiger partial charge on any atom is -0.0620 e. The summed E-state index contributed by atoms with van der Waals surface area (Å²) in [6, 6.07) is 9.32. The topological polar surface area (TPSA) is 0 Å². The Balaban J connectivity index is 1.63. The highest BCUT2D eigenvalue weighted by Crippen LogP contribution is 2.31. The third-order valence-corrected chi connectivity index (χ3v) is 5.59. The molecule has 0 bridgehead atoms. The van der Waals surface area contributed by atoms with Crippen LogP contribution in [0.25, 0.3) is 0 Å². The molecular formula is C20H30. The van der Waals surface area contributed by atoms with E-state index in [1.54, 1.807) is 11.1 Å². The number of hydrogen-bond acceptors (Lipinski definition) is 0. The molecule has 2 fully saturated rings. The van der Waals surface area contributed by atoms with Crippen molar-refractivity contribution >= 4 is 0 Å². The largest absolute Gasteiger partial charge is 0.0620 e. The molecule has 0 aliphatic heterocycles. The summed E-state index contributed by atoms with van der Waals surface area (Å²) in [5.41, 5.74) is 3.34. The summed E-state index contributed by atoms with van der Waals surface area (Å²) in [5.74, 6) is 1.94. The first-order valence-electron chi connectivity index (χ1n) is 8.98. The summed E-state index contributed by atoms with van der Waals surface area (Å²) < 4.78 is 0. The van der Waals surface area contributed by atoms with Crippen LogP contribution in [0.4, 0.5) is 0 Å². The zero-order valence-corrected chi connectivity index (χ0v) is 12.9. The number of hydrogen-bond donors (Lipinski definition) is 0. The van der Waals surface area contributed by atoms with Crippen molar-refractivity contribution in [3.05, 3.63) is 35.4 Å². The molecule has 2 aliphatic carbocycles. The van der Waals surface area contributed by atoms with Crippen LogP contribution in [0.15, 0.2) is 24.3 Å². The molecule has 1 aromatic carbocycles.